The number of amides is 1. The third-order valence-corrected chi connectivity index (χ3v) is 6.76. The second-order valence-corrected chi connectivity index (χ2v) is 8.92. The van der Waals surface area contributed by atoms with Crippen molar-refractivity contribution in [2.45, 2.75) is 57.4 Å². The van der Waals surface area contributed by atoms with Gasteiger partial charge in [-0.1, -0.05) is 49.6 Å². The second-order valence-electron chi connectivity index (χ2n) is 8.92. The Morgan fingerprint density at radius 3 is 2.56 bits per heavy atom. The standard InChI is InChI=1S/C27H36N2O3/c1-31-25-14-7-8-15-26(25)32-19-9-18-28-20-23-17-16-21-10-5-6-13-24(21)29(23)27(30)22-11-3-2-4-12-22/h5-8,10,13-15,22-23,28H,2-4,9,11-12,16-20H2,1H3. The highest BCUT2D eigenvalue weighted by Crippen LogP contribution is 2.34. The van der Waals surface area contributed by atoms with Crippen LogP contribution < -0.4 is 19.7 Å². The van der Waals surface area contributed by atoms with Gasteiger partial charge in [0.2, 0.25) is 5.91 Å². The molecule has 4 rings (SSSR count). The monoisotopic (exact) mass is 436 g/mol. The summed E-state index contributed by atoms with van der Waals surface area (Å²) in [5.74, 6) is 2.07. The number of aryl methyl sites for hydroxylation is 1. The number of anilines is 1. The number of carbonyl (C=O) groups is 1. The largest absolute Gasteiger partial charge is 0.493 e. The van der Waals surface area contributed by atoms with Gasteiger partial charge in [-0.15, -0.1) is 0 Å². The van der Waals surface area contributed by atoms with Crippen molar-refractivity contribution >= 4 is 11.6 Å². The fourth-order valence-corrected chi connectivity index (χ4v) is 5.03. The smallest absolute Gasteiger partial charge is 0.230 e. The molecular weight excluding hydrogens is 400 g/mol. The minimum Gasteiger partial charge on any atom is -0.493 e. The van der Waals surface area contributed by atoms with Crippen molar-refractivity contribution in [1.29, 1.82) is 0 Å². The van der Waals surface area contributed by atoms with Crippen molar-refractivity contribution in [2.24, 2.45) is 5.92 Å². The van der Waals surface area contributed by atoms with Gasteiger partial charge in [-0.25, -0.2) is 0 Å². The summed E-state index contributed by atoms with van der Waals surface area (Å²) in [7, 11) is 1.66. The molecular formula is C27H36N2O3. The fourth-order valence-electron chi connectivity index (χ4n) is 5.03. The molecule has 2 aromatic rings. The van der Waals surface area contributed by atoms with Gasteiger partial charge < -0.3 is 19.7 Å². The minimum absolute atomic E-state index is 0.187. The lowest BCUT2D eigenvalue weighted by Crippen LogP contribution is -2.51. The number of fused-ring (bicyclic) bond motifs is 1. The third kappa shape index (κ3) is 5.44. The number of nitrogens with zero attached hydrogens (tertiary/aromatic N) is 1. The first-order valence-corrected chi connectivity index (χ1v) is 12.2. The molecule has 0 radical (unpaired) electrons. The van der Waals surface area contributed by atoms with E-state index in [-0.39, 0.29) is 12.0 Å². The average molecular weight is 437 g/mol. The summed E-state index contributed by atoms with van der Waals surface area (Å²) in [5.41, 5.74) is 2.43. The lowest BCUT2D eigenvalue weighted by molar-refractivity contribution is -0.123. The first-order valence-electron chi connectivity index (χ1n) is 12.2. The van der Waals surface area contributed by atoms with Gasteiger partial charge in [0.05, 0.1) is 13.7 Å². The van der Waals surface area contributed by atoms with Crippen LogP contribution >= 0.6 is 0 Å². The van der Waals surface area contributed by atoms with E-state index in [0.717, 1.165) is 62.4 Å². The molecule has 1 atom stereocenters. The Labute approximate surface area is 192 Å². The van der Waals surface area contributed by atoms with Crippen molar-refractivity contribution in [3.8, 4) is 11.5 Å². The van der Waals surface area contributed by atoms with E-state index in [4.69, 9.17) is 9.47 Å². The number of rotatable bonds is 9. The Kier molecular flexibility index (Phi) is 8.05. The quantitative estimate of drug-likeness (QED) is 0.563. The number of benzene rings is 2. The van der Waals surface area contributed by atoms with E-state index in [1.807, 2.05) is 24.3 Å². The molecule has 1 amide bonds. The summed E-state index contributed by atoms with van der Waals surface area (Å²) in [6, 6.07) is 16.4. The van der Waals surface area contributed by atoms with E-state index in [0.29, 0.717) is 12.5 Å². The summed E-state index contributed by atoms with van der Waals surface area (Å²) >= 11 is 0. The van der Waals surface area contributed by atoms with Gasteiger partial charge >= 0.3 is 0 Å². The number of methoxy groups -OCH3 is 1. The molecule has 5 heteroatoms. The van der Waals surface area contributed by atoms with Crippen LogP contribution in [-0.4, -0.2) is 38.8 Å². The average Bonchev–Trinajstić information content (AvgIpc) is 2.86. The van der Waals surface area contributed by atoms with Gasteiger partial charge in [0, 0.05) is 24.2 Å². The number of para-hydroxylation sites is 3. The Bertz CT molecular complexity index is 879. The lowest BCUT2D eigenvalue weighted by atomic mass is 9.86. The highest BCUT2D eigenvalue weighted by Gasteiger charge is 2.34. The summed E-state index contributed by atoms with van der Waals surface area (Å²) in [4.78, 5) is 15.7. The number of hydrogen-bond donors (Lipinski definition) is 1. The van der Waals surface area contributed by atoms with Crippen molar-refractivity contribution in [3.05, 3.63) is 54.1 Å². The maximum absolute atomic E-state index is 13.5. The van der Waals surface area contributed by atoms with Gasteiger partial charge in [-0.2, -0.15) is 0 Å². The molecule has 1 N–H and O–H groups in total. The normalized spacial score (nSPS) is 18.8. The maximum Gasteiger partial charge on any atom is 0.230 e. The molecule has 1 unspecified atom stereocenters. The zero-order valence-electron chi connectivity index (χ0n) is 19.2. The Balaban J connectivity index is 1.31. The van der Waals surface area contributed by atoms with E-state index in [2.05, 4.69) is 34.5 Å². The highest BCUT2D eigenvalue weighted by atomic mass is 16.5. The highest BCUT2D eigenvalue weighted by molar-refractivity contribution is 5.97. The van der Waals surface area contributed by atoms with Crippen LogP contribution in [0.25, 0.3) is 0 Å². The van der Waals surface area contributed by atoms with Crippen LogP contribution in [0.1, 0.15) is 50.5 Å². The van der Waals surface area contributed by atoms with Crippen molar-refractivity contribution in [1.82, 2.24) is 5.32 Å². The first kappa shape index (κ1) is 22.7. The summed E-state index contributed by atoms with van der Waals surface area (Å²) < 4.78 is 11.2. The van der Waals surface area contributed by atoms with E-state index in [1.165, 1.54) is 24.8 Å². The number of carbonyl (C=O) groups excluding carboxylic acids is 1. The summed E-state index contributed by atoms with van der Waals surface area (Å²) in [6.07, 6.45) is 8.66. The molecule has 5 nitrogen and oxygen atoms in total. The lowest BCUT2D eigenvalue weighted by Gasteiger charge is -2.40. The molecule has 0 aromatic heterocycles. The van der Waals surface area contributed by atoms with Crippen LogP contribution in [0, 0.1) is 5.92 Å². The molecule has 0 spiro atoms. The van der Waals surface area contributed by atoms with Gasteiger partial charge in [-0.3, -0.25) is 4.79 Å². The molecule has 2 aliphatic rings. The van der Waals surface area contributed by atoms with E-state index >= 15 is 0 Å². The molecule has 1 saturated carbocycles. The molecule has 0 bridgehead atoms. The van der Waals surface area contributed by atoms with Crippen LogP contribution in [0.15, 0.2) is 48.5 Å². The van der Waals surface area contributed by atoms with E-state index < -0.39 is 0 Å². The van der Waals surface area contributed by atoms with E-state index in [9.17, 15) is 4.79 Å². The number of nitrogens with one attached hydrogen (secondary N) is 1. The van der Waals surface area contributed by atoms with Crippen LogP contribution in [0.4, 0.5) is 5.69 Å². The zero-order chi connectivity index (χ0) is 22.2. The third-order valence-electron chi connectivity index (χ3n) is 6.76. The minimum atomic E-state index is 0.187. The van der Waals surface area contributed by atoms with Crippen LogP contribution in [0.2, 0.25) is 0 Å². The molecule has 2 aromatic carbocycles. The topological polar surface area (TPSA) is 50.8 Å². The molecule has 172 valence electrons. The van der Waals surface area contributed by atoms with Crippen molar-refractivity contribution < 1.29 is 14.3 Å². The van der Waals surface area contributed by atoms with Crippen LogP contribution in [-0.2, 0) is 11.2 Å². The Morgan fingerprint density at radius 2 is 1.75 bits per heavy atom. The fraction of sp³-hybridized carbons (Fsp3) is 0.519. The van der Waals surface area contributed by atoms with Gasteiger partial charge in [-0.05, 0) is 62.4 Å². The Morgan fingerprint density at radius 1 is 1.00 bits per heavy atom. The Hall–Kier alpha value is -2.53. The maximum atomic E-state index is 13.5. The van der Waals surface area contributed by atoms with Gasteiger partial charge in [0.25, 0.3) is 0 Å². The predicted molar refractivity (Wildman–Crippen MR) is 129 cm³/mol. The SMILES string of the molecule is COc1ccccc1OCCCNCC1CCc2ccccc2N1C(=O)C1CCCCC1. The summed E-state index contributed by atoms with van der Waals surface area (Å²) in [6.45, 7) is 2.31. The zero-order valence-corrected chi connectivity index (χ0v) is 19.2. The van der Waals surface area contributed by atoms with Crippen LogP contribution in [0.5, 0.6) is 11.5 Å². The first-order chi connectivity index (χ1) is 15.8. The van der Waals surface area contributed by atoms with Gasteiger partial charge in [0.15, 0.2) is 11.5 Å². The molecule has 32 heavy (non-hydrogen) atoms. The van der Waals surface area contributed by atoms with Gasteiger partial charge in [0.1, 0.15) is 0 Å². The number of hydrogen-bond acceptors (Lipinski definition) is 4. The molecule has 1 aliphatic carbocycles. The van der Waals surface area contributed by atoms with Crippen molar-refractivity contribution in [2.75, 3.05) is 31.7 Å². The molecule has 1 aliphatic heterocycles. The van der Waals surface area contributed by atoms with E-state index in [1.54, 1.807) is 7.11 Å². The molecule has 1 fully saturated rings. The molecule has 0 saturated heterocycles. The molecule has 1 heterocycles. The number of ether oxygens (including phenoxy) is 2. The summed E-state index contributed by atoms with van der Waals surface area (Å²) in [5, 5.41) is 3.58. The predicted octanol–water partition coefficient (Wildman–Crippen LogP) is 4.98. The second kappa shape index (κ2) is 11.4. The van der Waals surface area contributed by atoms with Crippen molar-refractivity contribution in [3.63, 3.8) is 0 Å². The van der Waals surface area contributed by atoms with Crippen LogP contribution in [0.3, 0.4) is 0 Å².